The van der Waals surface area contributed by atoms with E-state index in [1.807, 2.05) is 13.8 Å². The van der Waals surface area contributed by atoms with Gasteiger partial charge in [0.25, 0.3) is 0 Å². The normalized spacial score (nSPS) is 37.7. The van der Waals surface area contributed by atoms with Crippen molar-refractivity contribution in [3.63, 3.8) is 0 Å². The van der Waals surface area contributed by atoms with Crippen molar-refractivity contribution in [2.45, 2.75) is 118 Å². The van der Waals surface area contributed by atoms with Gasteiger partial charge in [-0.15, -0.1) is 0 Å². The third-order valence-electron chi connectivity index (χ3n) is 9.87. The second kappa shape index (κ2) is 9.41. The van der Waals surface area contributed by atoms with Crippen LogP contribution in [-0.2, 0) is 0 Å². The van der Waals surface area contributed by atoms with Gasteiger partial charge in [-0.2, -0.15) is 0 Å². The van der Waals surface area contributed by atoms with E-state index in [0.29, 0.717) is 23.2 Å². The summed E-state index contributed by atoms with van der Waals surface area (Å²) in [5.41, 5.74) is 4.09. The third kappa shape index (κ3) is 5.44. The maximum absolute atomic E-state index is 10.3. The van der Waals surface area contributed by atoms with E-state index in [1.165, 1.54) is 37.7 Å². The number of rotatable bonds is 6. The van der Waals surface area contributed by atoms with Crippen molar-refractivity contribution in [3.05, 3.63) is 35.5 Å². The molecule has 0 radical (unpaired) electrons. The minimum absolute atomic E-state index is 0.239. The van der Waals surface area contributed by atoms with E-state index in [-0.39, 0.29) is 11.5 Å². The number of hydrogen-bond donors (Lipinski definition) is 2. The van der Waals surface area contributed by atoms with Crippen LogP contribution in [0.25, 0.3) is 0 Å². The lowest BCUT2D eigenvalue weighted by molar-refractivity contribution is 0.0127. The molecule has 2 N–H and O–H groups in total. The summed E-state index contributed by atoms with van der Waals surface area (Å²) in [7, 11) is 0. The molecule has 0 spiro atoms. The van der Waals surface area contributed by atoms with Gasteiger partial charge in [0.05, 0.1) is 11.7 Å². The lowest BCUT2D eigenvalue weighted by Gasteiger charge is -2.48. The van der Waals surface area contributed by atoms with Crippen molar-refractivity contribution in [1.82, 2.24) is 0 Å². The van der Waals surface area contributed by atoms with Crippen LogP contribution in [0.1, 0.15) is 106 Å². The number of allylic oxidation sites excluding steroid dienone is 3. The molecule has 2 unspecified atom stereocenters. The fraction of sp³-hybridized carbons (Fsp3) is 0.800. The molecule has 0 saturated heterocycles. The highest BCUT2D eigenvalue weighted by Gasteiger charge is 2.52. The Morgan fingerprint density at radius 2 is 1.81 bits per heavy atom. The molecule has 0 aromatic heterocycles. The largest absolute Gasteiger partial charge is 0.390 e. The lowest BCUT2D eigenvalue weighted by atomic mass is 9.57. The molecule has 0 heterocycles. The predicted octanol–water partition coefficient (Wildman–Crippen LogP) is 7.62. The van der Waals surface area contributed by atoms with Gasteiger partial charge in [-0.1, -0.05) is 64.5 Å². The Kier molecular flexibility index (Phi) is 7.58. The van der Waals surface area contributed by atoms with Gasteiger partial charge >= 0.3 is 0 Å². The summed E-state index contributed by atoms with van der Waals surface area (Å²) >= 11 is 0. The van der Waals surface area contributed by atoms with Crippen LogP contribution in [0, 0.1) is 34.5 Å². The monoisotopic (exact) mass is 442 g/mol. The van der Waals surface area contributed by atoms with Crippen molar-refractivity contribution in [1.29, 1.82) is 0 Å². The minimum Gasteiger partial charge on any atom is -0.390 e. The van der Waals surface area contributed by atoms with E-state index in [0.717, 1.165) is 37.2 Å². The molecule has 182 valence electrons. The summed E-state index contributed by atoms with van der Waals surface area (Å²) in [4.78, 5) is 0. The molecule has 3 fully saturated rings. The molecular formula is C30H50O2. The average molecular weight is 443 g/mol. The van der Waals surface area contributed by atoms with Crippen LogP contribution in [-0.4, -0.2) is 21.9 Å². The highest BCUT2D eigenvalue weighted by Crippen LogP contribution is 2.61. The highest BCUT2D eigenvalue weighted by atomic mass is 16.3. The summed E-state index contributed by atoms with van der Waals surface area (Å²) in [6, 6.07) is 0. The van der Waals surface area contributed by atoms with Crippen LogP contribution in [0.15, 0.2) is 35.5 Å². The molecule has 0 amide bonds. The summed E-state index contributed by atoms with van der Waals surface area (Å²) in [5.74, 6) is 2.48. The van der Waals surface area contributed by atoms with Gasteiger partial charge in [-0.25, -0.2) is 0 Å². The van der Waals surface area contributed by atoms with Crippen LogP contribution < -0.4 is 0 Å². The van der Waals surface area contributed by atoms with E-state index in [4.69, 9.17) is 0 Å². The Hall–Kier alpha value is -0.860. The molecule has 2 nitrogen and oxygen atoms in total. The predicted molar refractivity (Wildman–Crippen MR) is 136 cm³/mol. The Morgan fingerprint density at radius 1 is 1.12 bits per heavy atom. The first-order chi connectivity index (χ1) is 14.7. The number of aliphatic hydroxyl groups excluding tert-OH is 1. The van der Waals surface area contributed by atoms with Gasteiger partial charge in [0.2, 0.25) is 0 Å². The van der Waals surface area contributed by atoms with E-state index >= 15 is 0 Å². The van der Waals surface area contributed by atoms with E-state index in [2.05, 4.69) is 53.3 Å². The molecule has 6 atom stereocenters. The molecule has 0 bridgehead atoms. The molecular weight excluding hydrogens is 392 g/mol. The first kappa shape index (κ1) is 25.8. The molecule has 2 heteroatoms. The summed E-state index contributed by atoms with van der Waals surface area (Å²) < 4.78 is 0. The smallest absolute Gasteiger partial charge is 0.0787 e. The Bertz CT molecular complexity index is 733. The SMILES string of the molecule is C=C1[C@H](C)C/C(=C/C=C2\CCC[C@@]3(C)C2CCC3[C@H](C)C(C)(C)CCC(C)(C)O)C[C@H]1O. The molecule has 3 aliphatic carbocycles. The van der Waals surface area contributed by atoms with Crippen LogP contribution in [0.3, 0.4) is 0 Å². The Balaban J connectivity index is 1.75. The third-order valence-corrected chi connectivity index (χ3v) is 9.87. The molecule has 0 aromatic carbocycles. The maximum Gasteiger partial charge on any atom is 0.0787 e. The number of hydrogen-bond acceptors (Lipinski definition) is 2. The van der Waals surface area contributed by atoms with Crippen LogP contribution in [0.2, 0.25) is 0 Å². The summed E-state index contributed by atoms with van der Waals surface area (Å²) in [6.07, 6.45) is 14.7. The zero-order chi connectivity index (χ0) is 23.9. The van der Waals surface area contributed by atoms with Crippen molar-refractivity contribution in [3.8, 4) is 0 Å². The second-order valence-corrected chi connectivity index (χ2v) is 13.2. The second-order valence-electron chi connectivity index (χ2n) is 13.2. The summed E-state index contributed by atoms with van der Waals surface area (Å²) in [6.45, 7) is 20.1. The molecule has 3 rings (SSSR count). The number of aliphatic hydroxyl groups is 2. The minimum atomic E-state index is -0.579. The first-order valence-corrected chi connectivity index (χ1v) is 13.2. The van der Waals surface area contributed by atoms with E-state index < -0.39 is 5.60 Å². The van der Waals surface area contributed by atoms with E-state index in [9.17, 15) is 10.2 Å². The van der Waals surface area contributed by atoms with Crippen molar-refractivity contribution in [2.75, 3.05) is 0 Å². The zero-order valence-corrected chi connectivity index (χ0v) is 22.0. The van der Waals surface area contributed by atoms with Gasteiger partial charge in [0.15, 0.2) is 0 Å². The molecule has 0 aliphatic heterocycles. The highest BCUT2D eigenvalue weighted by molar-refractivity contribution is 5.29. The Labute approximate surface area is 198 Å². The van der Waals surface area contributed by atoms with Crippen molar-refractivity contribution in [2.24, 2.45) is 34.5 Å². The van der Waals surface area contributed by atoms with Crippen LogP contribution >= 0.6 is 0 Å². The molecule has 3 aliphatic rings. The van der Waals surface area contributed by atoms with Crippen molar-refractivity contribution >= 4 is 0 Å². The fourth-order valence-electron chi connectivity index (χ4n) is 7.18. The van der Waals surface area contributed by atoms with Gasteiger partial charge in [-0.3, -0.25) is 0 Å². The van der Waals surface area contributed by atoms with E-state index in [1.54, 1.807) is 5.57 Å². The molecule has 0 aromatic rings. The van der Waals surface area contributed by atoms with Gasteiger partial charge in [-0.05, 0) is 112 Å². The standard InChI is InChI=1S/C30H50O2/c1-20-18-23(19-27(31)21(20)2)11-12-24-10-9-15-30(8)25(13-14-26(24)30)22(3)28(4,5)16-17-29(6,7)32/h11-12,20,22,25-27,31-32H,2,9-10,13-19H2,1,3-8H3/b23-11-,24-12+/t20-,22+,25?,26?,27-,30-/m1/s1. The van der Waals surface area contributed by atoms with Crippen LogP contribution in [0.4, 0.5) is 0 Å². The molecule has 32 heavy (non-hydrogen) atoms. The van der Waals surface area contributed by atoms with Gasteiger partial charge < -0.3 is 10.2 Å². The van der Waals surface area contributed by atoms with Crippen molar-refractivity contribution < 1.29 is 10.2 Å². The quantitative estimate of drug-likeness (QED) is 0.415. The maximum atomic E-state index is 10.3. The van der Waals surface area contributed by atoms with Crippen LogP contribution in [0.5, 0.6) is 0 Å². The fourth-order valence-corrected chi connectivity index (χ4v) is 7.18. The van der Waals surface area contributed by atoms with Gasteiger partial charge in [0.1, 0.15) is 0 Å². The number of fused-ring (bicyclic) bond motifs is 1. The lowest BCUT2D eigenvalue weighted by Crippen LogP contribution is -2.40. The topological polar surface area (TPSA) is 40.5 Å². The first-order valence-electron chi connectivity index (χ1n) is 13.2. The Morgan fingerprint density at radius 3 is 2.44 bits per heavy atom. The zero-order valence-electron chi connectivity index (χ0n) is 22.0. The van der Waals surface area contributed by atoms with Gasteiger partial charge in [0, 0.05) is 0 Å². The molecule has 3 saturated carbocycles. The summed E-state index contributed by atoms with van der Waals surface area (Å²) in [5, 5.41) is 20.6. The average Bonchev–Trinajstić information content (AvgIpc) is 3.05.